The van der Waals surface area contributed by atoms with Crippen molar-refractivity contribution in [1.82, 2.24) is 0 Å². The molecule has 0 aliphatic heterocycles. The van der Waals surface area contributed by atoms with Crippen LogP contribution in [-0.2, 0) is 36.8 Å². The molecule has 2 nitrogen and oxygen atoms in total. The van der Waals surface area contributed by atoms with E-state index in [1.807, 2.05) is 0 Å². The molecule has 0 aliphatic rings. The normalized spacial score (nSPS) is 0. The first-order chi connectivity index (χ1) is 0. The van der Waals surface area contributed by atoms with Crippen LogP contribution in [0.25, 0.3) is 0 Å². The molecular weight excluding hydrogens is 435 g/mol. The molecule has 0 aromatic heterocycles. The Morgan fingerprint density at radius 3 is 0.800 bits per heavy atom. The number of hydrogen-bond acceptors (Lipinski definition) is 0. The molecule has 0 N–H and O–H groups in total. The van der Waals surface area contributed by atoms with Crippen LogP contribution < -0.4 is 0 Å². The van der Waals surface area contributed by atoms with Gasteiger partial charge in [-0.25, -0.2) is 0 Å². The molecule has 24 valence electrons. The third kappa shape index (κ3) is 18.1. The Morgan fingerprint density at radius 2 is 0.800 bits per heavy atom. The van der Waals surface area contributed by atoms with E-state index in [0.29, 0.717) is 0 Å². The Labute approximate surface area is 127 Å². The molecule has 5 heavy (non-hydrogen) atoms. The second-order valence-corrected chi connectivity index (χ2v) is 0. The molecule has 0 aliphatic carbocycles. The molecule has 0 rings (SSSR count). The zero-order chi connectivity index (χ0) is 0. The molecule has 0 atom stereocenters. The van der Waals surface area contributed by atoms with Gasteiger partial charge in [-0.15, -0.1) is 0 Å². The SMILES string of the molecule is [BaH2].[Hf+4].[O-2].[O-2].[SrH2]. The van der Waals surface area contributed by atoms with Gasteiger partial charge in [0, 0.05) is 0 Å². The summed E-state index contributed by atoms with van der Waals surface area (Å²) in [5, 5.41) is 0. The summed E-state index contributed by atoms with van der Waals surface area (Å²) in [5.74, 6) is 0. The van der Waals surface area contributed by atoms with Gasteiger partial charge in [0.1, 0.15) is 0 Å². The van der Waals surface area contributed by atoms with E-state index in [-0.39, 0.29) is 131 Å². The topological polar surface area (TPSA) is 57.0 Å². The van der Waals surface area contributed by atoms with Gasteiger partial charge in [0.25, 0.3) is 0 Å². The Balaban J connectivity index is 0. The van der Waals surface area contributed by atoms with Crippen molar-refractivity contribution >= 4 is 94.4 Å². The minimum atomic E-state index is 0. The summed E-state index contributed by atoms with van der Waals surface area (Å²) in [7, 11) is 0. The van der Waals surface area contributed by atoms with Gasteiger partial charge in [-0.1, -0.05) is 0 Å². The minimum absolute atomic E-state index is 0. The van der Waals surface area contributed by atoms with E-state index < -0.39 is 0 Å². The molecule has 5 heteroatoms. The summed E-state index contributed by atoms with van der Waals surface area (Å²) in [5.41, 5.74) is 0. The van der Waals surface area contributed by atoms with Gasteiger partial charge in [0.15, 0.2) is 0 Å². The molecule has 0 aromatic rings. The molecule has 0 radical (unpaired) electrons. The predicted molar refractivity (Wildman–Crippen MR) is 18.5 cm³/mol. The van der Waals surface area contributed by atoms with Crippen LogP contribution in [0.2, 0.25) is 0 Å². The number of rotatable bonds is 0. The summed E-state index contributed by atoms with van der Waals surface area (Å²) in [4.78, 5) is 0. The molecular formula is H4BaHfO2Sr. The first-order valence-electron chi connectivity index (χ1n) is 0. The van der Waals surface area contributed by atoms with E-state index in [9.17, 15) is 0 Å². The van der Waals surface area contributed by atoms with E-state index in [0.717, 1.165) is 0 Å². The van der Waals surface area contributed by atoms with Gasteiger partial charge in [-0.2, -0.15) is 0 Å². The van der Waals surface area contributed by atoms with Crippen molar-refractivity contribution in [3.05, 3.63) is 0 Å². The maximum atomic E-state index is 0. The average Bonchev–Trinajstić information content (AvgIpc) is 0. The van der Waals surface area contributed by atoms with Crippen molar-refractivity contribution in [2.24, 2.45) is 0 Å². The summed E-state index contributed by atoms with van der Waals surface area (Å²) >= 11 is 0. The Kier molecular flexibility index (Phi) is 183. The van der Waals surface area contributed by atoms with Crippen LogP contribution in [0.5, 0.6) is 0 Å². The molecule has 0 amide bonds. The first kappa shape index (κ1) is 36.8. The zero-order valence-electron chi connectivity index (χ0n) is 1.32. The molecule has 0 spiro atoms. The molecule has 0 heterocycles. The van der Waals surface area contributed by atoms with E-state index >= 15 is 0 Å². The van der Waals surface area contributed by atoms with E-state index in [4.69, 9.17) is 0 Å². The molecule has 0 aromatic carbocycles. The van der Waals surface area contributed by atoms with E-state index in [2.05, 4.69) is 0 Å². The molecule has 0 unspecified atom stereocenters. The predicted octanol–water partition coefficient (Wildman–Crippen LogP) is -2.07. The summed E-state index contributed by atoms with van der Waals surface area (Å²) in [6.45, 7) is 0. The van der Waals surface area contributed by atoms with Crippen LogP contribution in [0.4, 0.5) is 0 Å². The van der Waals surface area contributed by atoms with Crippen molar-refractivity contribution in [3.63, 3.8) is 0 Å². The fourth-order valence-electron chi connectivity index (χ4n) is 0. The Bertz CT molecular complexity index is 9.61. The fourth-order valence-corrected chi connectivity index (χ4v) is 0. The van der Waals surface area contributed by atoms with E-state index in [1.54, 1.807) is 0 Å². The van der Waals surface area contributed by atoms with Gasteiger partial charge in [0.2, 0.25) is 0 Å². The summed E-state index contributed by atoms with van der Waals surface area (Å²) in [6.07, 6.45) is 0. The molecule has 0 fully saturated rings. The monoisotopic (exact) mass is 442 g/mol. The average molecular weight is 439 g/mol. The third-order valence-electron chi connectivity index (χ3n) is 0. The van der Waals surface area contributed by atoms with Crippen molar-refractivity contribution in [3.8, 4) is 0 Å². The van der Waals surface area contributed by atoms with Crippen LogP contribution in [0.15, 0.2) is 0 Å². The fraction of sp³-hybridized carbons (Fsp3) is 0. The van der Waals surface area contributed by atoms with Crippen molar-refractivity contribution in [1.29, 1.82) is 0 Å². The third-order valence-corrected chi connectivity index (χ3v) is 0. The van der Waals surface area contributed by atoms with Crippen LogP contribution >= 0.6 is 0 Å². The van der Waals surface area contributed by atoms with Gasteiger partial charge >= 0.3 is 120 Å². The first-order valence-corrected chi connectivity index (χ1v) is 0. The van der Waals surface area contributed by atoms with Crippen LogP contribution in [-0.4, -0.2) is 94.4 Å². The van der Waals surface area contributed by atoms with Crippen molar-refractivity contribution in [2.45, 2.75) is 0 Å². The van der Waals surface area contributed by atoms with Gasteiger partial charge in [-0.05, 0) is 0 Å². The van der Waals surface area contributed by atoms with Crippen LogP contribution in [0.1, 0.15) is 0 Å². The molecule has 0 saturated carbocycles. The maximum absolute atomic E-state index is 0. The van der Waals surface area contributed by atoms with Crippen molar-refractivity contribution < 1.29 is 36.8 Å². The van der Waals surface area contributed by atoms with Crippen LogP contribution in [0, 0.1) is 0 Å². The van der Waals surface area contributed by atoms with E-state index in [1.165, 1.54) is 0 Å². The number of hydrogen-bond donors (Lipinski definition) is 0. The van der Waals surface area contributed by atoms with Gasteiger partial charge < -0.3 is 11.0 Å². The summed E-state index contributed by atoms with van der Waals surface area (Å²) < 4.78 is 0. The second-order valence-electron chi connectivity index (χ2n) is 0. The van der Waals surface area contributed by atoms with Gasteiger partial charge in [0.05, 0.1) is 0 Å². The van der Waals surface area contributed by atoms with Crippen molar-refractivity contribution in [2.75, 3.05) is 0 Å². The zero-order valence-corrected chi connectivity index (χ0v) is 4.91. The Hall–Kier alpha value is 3.84. The quantitative estimate of drug-likeness (QED) is 0.390. The van der Waals surface area contributed by atoms with Crippen LogP contribution in [0.3, 0.4) is 0 Å². The van der Waals surface area contributed by atoms with Gasteiger partial charge in [-0.3, -0.25) is 0 Å². The summed E-state index contributed by atoms with van der Waals surface area (Å²) in [6, 6.07) is 0. The Morgan fingerprint density at radius 1 is 0.800 bits per heavy atom. The molecule has 0 bridgehead atoms. The standard InChI is InChI=1S/Ba.Hf.2O.Sr.4H/q;+4;2*-2;;;;;. The molecule has 0 saturated heterocycles. The second kappa shape index (κ2) is 24.9.